The van der Waals surface area contributed by atoms with Gasteiger partial charge in [-0.05, 0) is 50.7 Å². The van der Waals surface area contributed by atoms with Gasteiger partial charge in [0.1, 0.15) is 0 Å². The van der Waals surface area contributed by atoms with Crippen LogP contribution in [0.1, 0.15) is 38.5 Å². The van der Waals surface area contributed by atoms with Crippen LogP contribution >= 0.6 is 35.7 Å². The van der Waals surface area contributed by atoms with Crippen molar-refractivity contribution in [2.24, 2.45) is 4.99 Å². The first kappa shape index (κ1) is 20.3. The number of nitrogens with one attached hydrogen (secondary N) is 2. The number of rotatable bonds is 6. The average Bonchev–Trinajstić information content (AvgIpc) is 3.56. The van der Waals surface area contributed by atoms with Gasteiger partial charge in [0, 0.05) is 48.4 Å². The highest BCUT2D eigenvalue weighted by Gasteiger charge is 2.43. The van der Waals surface area contributed by atoms with Crippen LogP contribution in [-0.4, -0.2) is 54.4 Å². The Kier molecular flexibility index (Phi) is 7.13. The maximum atomic E-state index is 4.46. The number of hydrogen-bond acceptors (Lipinski definition) is 3. The van der Waals surface area contributed by atoms with E-state index in [1.807, 2.05) is 18.8 Å². The zero-order valence-corrected chi connectivity index (χ0v) is 18.8. The third-order valence-electron chi connectivity index (χ3n) is 5.62. The number of thioether (sulfide) groups is 1. The second-order valence-electron chi connectivity index (χ2n) is 7.71. The molecule has 2 N–H and O–H groups in total. The van der Waals surface area contributed by atoms with Gasteiger partial charge < -0.3 is 15.5 Å². The Hall–Kier alpha value is -0.470. The molecule has 4 rings (SSSR count). The number of hydrogen-bond donors (Lipinski definition) is 2. The van der Waals surface area contributed by atoms with E-state index in [1.165, 1.54) is 56.5 Å². The molecule has 2 saturated carbocycles. The van der Waals surface area contributed by atoms with E-state index in [-0.39, 0.29) is 24.0 Å². The van der Waals surface area contributed by atoms with Crippen LogP contribution in [-0.2, 0) is 0 Å². The lowest BCUT2D eigenvalue weighted by molar-refractivity contribution is 0.197. The minimum atomic E-state index is 0. The van der Waals surface area contributed by atoms with Crippen LogP contribution in [0.25, 0.3) is 0 Å². The summed E-state index contributed by atoms with van der Waals surface area (Å²) < 4.78 is 0.355. The first-order chi connectivity index (χ1) is 12.3. The van der Waals surface area contributed by atoms with Crippen LogP contribution < -0.4 is 10.6 Å². The molecule has 6 heteroatoms. The fourth-order valence-corrected chi connectivity index (χ4v) is 4.92. The quantitative estimate of drug-likeness (QED) is 0.366. The summed E-state index contributed by atoms with van der Waals surface area (Å²) in [7, 11) is 1.89. The number of halogens is 1. The molecule has 1 aromatic carbocycles. The molecule has 26 heavy (non-hydrogen) atoms. The molecule has 2 aliphatic carbocycles. The first-order valence-electron chi connectivity index (χ1n) is 9.72. The van der Waals surface area contributed by atoms with E-state index in [9.17, 15) is 0 Å². The van der Waals surface area contributed by atoms with Gasteiger partial charge in [0.05, 0.1) is 0 Å². The van der Waals surface area contributed by atoms with Gasteiger partial charge in [-0.25, -0.2) is 0 Å². The Bertz CT molecular complexity index is 593. The van der Waals surface area contributed by atoms with Crippen LogP contribution in [0.15, 0.2) is 40.2 Å². The summed E-state index contributed by atoms with van der Waals surface area (Å²) in [6.45, 7) is 3.48. The number of nitrogens with zero attached hydrogens (tertiary/aromatic N) is 2. The molecule has 144 valence electrons. The fraction of sp³-hybridized carbons (Fsp3) is 0.650. The highest BCUT2D eigenvalue weighted by Crippen LogP contribution is 2.51. The van der Waals surface area contributed by atoms with Crippen LogP contribution in [0.4, 0.5) is 0 Å². The van der Waals surface area contributed by atoms with Crippen molar-refractivity contribution >= 4 is 41.7 Å². The van der Waals surface area contributed by atoms with E-state index in [1.54, 1.807) is 0 Å². The first-order valence-corrected chi connectivity index (χ1v) is 10.5. The van der Waals surface area contributed by atoms with Gasteiger partial charge in [-0.15, -0.1) is 35.7 Å². The van der Waals surface area contributed by atoms with Gasteiger partial charge in [-0.3, -0.25) is 4.99 Å². The monoisotopic (exact) mass is 486 g/mol. The molecule has 3 aliphatic rings. The SMILES string of the molecule is CN=C(NCC1(Sc2ccccc2)CC1)NC1CCN(C2CC2)CC1.I. The molecule has 4 nitrogen and oxygen atoms in total. The van der Waals surface area contributed by atoms with Crippen LogP contribution in [0.5, 0.6) is 0 Å². The summed E-state index contributed by atoms with van der Waals surface area (Å²) in [6.07, 6.45) is 7.89. The maximum Gasteiger partial charge on any atom is 0.191 e. The van der Waals surface area contributed by atoms with Crippen molar-refractivity contribution in [2.45, 2.75) is 60.3 Å². The van der Waals surface area contributed by atoms with Crippen molar-refractivity contribution in [3.05, 3.63) is 30.3 Å². The van der Waals surface area contributed by atoms with Crippen molar-refractivity contribution in [3.8, 4) is 0 Å². The van der Waals surface area contributed by atoms with Crippen molar-refractivity contribution in [2.75, 3.05) is 26.7 Å². The molecule has 0 bridgehead atoms. The van der Waals surface area contributed by atoms with Gasteiger partial charge in [0.25, 0.3) is 0 Å². The van der Waals surface area contributed by atoms with Crippen LogP contribution in [0, 0.1) is 0 Å². The van der Waals surface area contributed by atoms with Gasteiger partial charge in [0.2, 0.25) is 0 Å². The molecule has 1 saturated heterocycles. The van der Waals surface area contributed by atoms with Crippen molar-refractivity contribution in [3.63, 3.8) is 0 Å². The Morgan fingerprint density at radius 1 is 1.15 bits per heavy atom. The average molecular weight is 486 g/mol. The molecule has 0 unspecified atom stereocenters. The molecule has 1 aromatic rings. The lowest BCUT2D eigenvalue weighted by Crippen LogP contribution is -2.50. The molecule has 1 heterocycles. The molecule has 0 amide bonds. The molecule has 3 fully saturated rings. The molecular weight excluding hydrogens is 455 g/mol. The second kappa shape index (κ2) is 9.15. The minimum absolute atomic E-state index is 0. The van der Waals surface area contributed by atoms with Gasteiger partial charge in [0.15, 0.2) is 5.96 Å². The van der Waals surface area contributed by atoms with Crippen LogP contribution in [0.3, 0.4) is 0 Å². The topological polar surface area (TPSA) is 39.7 Å². The summed E-state index contributed by atoms with van der Waals surface area (Å²) >= 11 is 2.01. The molecule has 0 spiro atoms. The predicted molar refractivity (Wildman–Crippen MR) is 122 cm³/mol. The highest BCUT2D eigenvalue weighted by molar-refractivity contribution is 14.0. The Morgan fingerprint density at radius 3 is 2.42 bits per heavy atom. The minimum Gasteiger partial charge on any atom is -0.355 e. The number of likely N-dealkylation sites (tertiary alicyclic amines) is 1. The smallest absolute Gasteiger partial charge is 0.191 e. The molecule has 0 atom stereocenters. The molecule has 0 aromatic heterocycles. The number of aliphatic imine (C=N–C) groups is 1. The van der Waals surface area contributed by atoms with Crippen molar-refractivity contribution < 1.29 is 0 Å². The van der Waals surface area contributed by atoms with Crippen molar-refractivity contribution in [1.29, 1.82) is 0 Å². The summed E-state index contributed by atoms with van der Waals surface area (Å²) in [5.41, 5.74) is 0. The number of benzene rings is 1. The van der Waals surface area contributed by atoms with Gasteiger partial charge >= 0.3 is 0 Å². The lowest BCUT2D eigenvalue weighted by atomic mass is 10.1. The van der Waals surface area contributed by atoms with E-state index in [0.29, 0.717) is 10.8 Å². The summed E-state index contributed by atoms with van der Waals surface area (Å²) in [5.74, 6) is 0.977. The Labute approximate surface area is 179 Å². The third-order valence-corrected chi connectivity index (χ3v) is 7.11. The predicted octanol–water partition coefficient (Wildman–Crippen LogP) is 3.72. The lowest BCUT2D eigenvalue weighted by Gasteiger charge is -2.33. The third kappa shape index (κ3) is 5.52. The fourth-order valence-electron chi connectivity index (χ4n) is 3.67. The summed E-state index contributed by atoms with van der Waals surface area (Å²) in [5, 5.41) is 7.24. The van der Waals surface area contributed by atoms with E-state index < -0.39 is 0 Å². The maximum absolute atomic E-state index is 4.46. The van der Waals surface area contributed by atoms with Crippen LogP contribution in [0.2, 0.25) is 0 Å². The van der Waals surface area contributed by atoms with Gasteiger partial charge in [-0.1, -0.05) is 18.2 Å². The Morgan fingerprint density at radius 2 is 1.85 bits per heavy atom. The van der Waals surface area contributed by atoms with E-state index in [2.05, 4.69) is 50.9 Å². The zero-order chi connectivity index (χ0) is 17.1. The Balaban J connectivity index is 0.00000196. The van der Waals surface area contributed by atoms with Crippen molar-refractivity contribution in [1.82, 2.24) is 15.5 Å². The highest BCUT2D eigenvalue weighted by atomic mass is 127. The van der Waals surface area contributed by atoms with E-state index in [4.69, 9.17) is 0 Å². The van der Waals surface area contributed by atoms with E-state index >= 15 is 0 Å². The standard InChI is InChI=1S/C20H30N4S.HI/c1-21-19(23-16-9-13-24(14-10-16)17-7-8-17)22-15-20(11-12-20)25-18-5-3-2-4-6-18;/h2-6,16-17H,7-15H2,1H3,(H2,21,22,23);1H. The van der Waals surface area contributed by atoms with E-state index in [0.717, 1.165) is 18.5 Å². The largest absolute Gasteiger partial charge is 0.355 e. The normalized spacial score (nSPS) is 23.2. The molecular formula is C20H31IN4S. The second-order valence-corrected chi connectivity index (χ2v) is 9.25. The molecule has 0 radical (unpaired) electrons. The number of guanidine groups is 1. The number of piperidine rings is 1. The molecule has 1 aliphatic heterocycles. The summed E-state index contributed by atoms with van der Waals surface area (Å²) in [4.78, 5) is 8.50. The summed E-state index contributed by atoms with van der Waals surface area (Å²) in [6, 6.07) is 12.2. The van der Waals surface area contributed by atoms with Gasteiger partial charge in [-0.2, -0.15) is 0 Å². The zero-order valence-electron chi connectivity index (χ0n) is 15.6.